The van der Waals surface area contributed by atoms with Crippen LogP contribution in [0.25, 0.3) is 0 Å². The van der Waals surface area contributed by atoms with Crippen molar-refractivity contribution in [2.45, 2.75) is 32.6 Å². The van der Waals surface area contributed by atoms with Crippen molar-refractivity contribution in [3.8, 4) is 0 Å². The first-order valence-corrected chi connectivity index (χ1v) is 10.4. The molecule has 2 aromatic carbocycles. The number of benzene rings is 2. The number of hydrogen-bond acceptors (Lipinski definition) is 5. The highest BCUT2D eigenvalue weighted by Gasteiger charge is 2.13. The van der Waals surface area contributed by atoms with E-state index in [1.54, 1.807) is 0 Å². The summed E-state index contributed by atoms with van der Waals surface area (Å²) in [5.41, 5.74) is 3.16. The third kappa shape index (κ3) is 6.80. The maximum absolute atomic E-state index is 12.2. The Morgan fingerprint density at radius 3 is 2.48 bits per heavy atom. The average Bonchev–Trinajstić information content (AvgIpc) is 3.19. The number of para-hydroxylation sites is 1. The van der Waals surface area contributed by atoms with Crippen LogP contribution in [0.4, 0.5) is 5.69 Å². The third-order valence-corrected chi connectivity index (χ3v) is 5.33. The first-order valence-electron chi connectivity index (χ1n) is 9.61. The van der Waals surface area contributed by atoms with E-state index in [0.717, 1.165) is 17.1 Å². The molecule has 0 fully saturated rings. The van der Waals surface area contributed by atoms with Crippen molar-refractivity contribution in [3.05, 3.63) is 75.7 Å². The van der Waals surface area contributed by atoms with Crippen LogP contribution in [0.15, 0.2) is 54.6 Å². The Balaban J connectivity index is 1.35. The van der Waals surface area contributed by atoms with E-state index in [9.17, 15) is 9.59 Å². The van der Waals surface area contributed by atoms with Gasteiger partial charge in [0.25, 0.3) is 5.91 Å². The number of rotatable bonds is 9. The van der Waals surface area contributed by atoms with Gasteiger partial charge in [-0.1, -0.05) is 59.4 Å². The van der Waals surface area contributed by atoms with Crippen molar-refractivity contribution in [2.24, 2.45) is 0 Å². The average molecular weight is 409 g/mol. The van der Waals surface area contributed by atoms with Crippen LogP contribution in [0.2, 0.25) is 0 Å². The Morgan fingerprint density at radius 1 is 0.966 bits per heavy atom. The molecule has 3 rings (SSSR count). The highest BCUT2D eigenvalue weighted by molar-refractivity contribution is 7.13. The maximum Gasteiger partial charge on any atom is 0.286 e. The molecule has 0 saturated carbocycles. The van der Waals surface area contributed by atoms with Crippen molar-refractivity contribution in [1.29, 1.82) is 0 Å². The summed E-state index contributed by atoms with van der Waals surface area (Å²) in [5.74, 6) is -0.238. The van der Waals surface area contributed by atoms with Gasteiger partial charge in [-0.3, -0.25) is 9.59 Å². The van der Waals surface area contributed by atoms with Gasteiger partial charge in [0, 0.05) is 25.1 Å². The number of anilines is 1. The molecule has 0 radical (unpaired) electrons. The molecule has 7 heteroatoms. The fourth-order valence-corrected chi connectivity index (χ4v) is 3.52. The lowest BCUT2D eigenvalue weighted by Gasteiger charge is -2.05. The predicted molar refractivity (Wildman–Crippen MR) is 115 cm³/mol. The van der Waals surface area contributed by atoms with Gasteiger partial charge in [0.05, 0.1) is 0 Å². The van der Waals surface area contributed by atoms with E-state index in [4.69, 9.17) is 0 Å². The van der Waals surface area contributed by atoms with Crippen LogP contribution in [0.1, 0.15) is 38.8 Å². The Kier molecular flexibility index (Phi) is 7.47. The molecule has 0 atom stereocenters. The molecule has 2 amide bonds. The Labute approximate surface area is 174 Å². The second-order valence-electron chi connectivity index (χ2n) is 6.76. The van der Waals surface area contributed by atoms with E-state index < -0.39 is 0 Å². The molecule has 3 aromatic rings. The minimum absolute atomic E-state index is 0.0312. The van der Waals surface area contributed by atoms with E-state index in [-0.39, 0.29) is 11.8 Å². The molecule has 150 valence electrons. The maximum atomic E-state index is 12.2. The number of carbonyl (C=O) groups is 2. The second-order valence-corrected chi connectivity index (χ2v) is 7.82. The van der Waals surface area contributed by atoms with Gasteiger partial charge in [-0.2, -0.15) is 0 Å². The third-order valence-electron chi connectivity index (χ3n) is 4.34. The lowest BCUT2D eigenvalue weighted by molar-refractivity contribution is -0.121. The van der Waals surface area contributed by atoms with Crippen LogP contribution in [-0.2, 0) is 17.6 Å². The monoisotopic (exact) mass is 408 g/mol. The van der Waals surface area contributed by atoms with Crippen LogP contribution in [0.3, 0.4) is 0 Å². The van der Waals surface area contributed by atoms with Crippen LogP contribution in [-0.4, -0.2) is 28.6 Å². The molecule has 1 heterocycles. The largest absolute Gasteiger partial charge is 0.356 e. The molecule has 6 nitrogen and oxygen atoms in total. The summed E-state index contributed by atoms with van der Waals surface area (Å²) in [7, 11) is 0. The molecule has 0 aliphatic heterocycles. The van der Waals surface area contributed by atoms with Crippen LogP contribution in [0, 0.1) is 6.92 Å². The van der Waals surface area contributed by atoms with E-state index in [0.29, 0.717) is 30.8 Å². The van der Waals surface area contributed by atoms with Crippen molar-refractivity contribution in [1.82, 2.24) is 15.5 Å². The number of aromatic nitrogens is 2. The molecule has 2 N–H and O–H groups in total. The number of amides is 2. The van der Waals surface area contributed by atoms with E-state index >= 15 is 0 Å². The van der Waals surface area contributed by atoms with Gasteiger partial charge in [-0.25, -0.2) is 0 Å². The normalized spacial score (nSPS) is 10.5. The molecule has 0 saturated heterocycles. The molecule has 29 heavy (non-hydrogen) atoms. The summed E-state index contributed by atoms with van der Waals surface area (Å²) < 4.78 is 0. The van der Waals surface area contributed by atoms with Crippen molar-refractivity contribution >= 4 is 28.8 Å². The first kappa shape index (κ1) is 20.7. The summed E-state index contributed by atoms with van der Waals surface area (Å²) in [4.78, 5) is 24.2. The Bertz CT molecular complexity index is 939. The zero-order valence-corrected chi connectivity index (χ0v) is 17.2. The van der Waals surface area contributed by atoms with Crippen LogP contribution >= 0.6 is 11.3 Å². The minimum Gasteiger partial charge on any atom is -0.356 e. The molecular formula is C22H24N4O2S. The summed E-state index contributed by atoms with van der Waals surface area (Å²) in [5, 5.41) is 14.8. The molecule has 0 bridgehead atoms. The molecule has 0 aliphatic rings. The summed E-state index contributed by atoms with van der Waals surface area (Å²) in [6, 6.07) is 17.6. The molecule has 0 spiro atoms. The van der Waals surface area contributed by atoms with Crippen LogP contribution < -0.4 is 10.6 Å². The highest BCUT2D eigenvalue weighted by atomic mass is 32.1. The number of nitrogens with zero attached hydrogens (tertiary/aromatic N) is 2. The standard InChI is InChI=1S/C22H24N4O2S/c1-16-10-12-17(13-11-16)14-15-23-19(27)8-5-9-20-25-26-22(29-20)21(28)24-18-6-3-2-4-7-18/h2-4,6-7,10-13H,5,8-9,14-15H2,1H3,(H,23,27)(H,24,28). The van der Waals surface area contributed by atoms with E-state index in [1.807, 2.05) is 30.3 Å². The summed E-state index contributed by atoms with van der Waals surface area (Å²) >= 11 is 1.26. The van der Waals surface area contributed by atoms with Gasteiger partial charge in [0.2, 0.25) is 10.9 Å². The molecule has 1 aromatic heterocycles. The second kappa shape index (κ2) is 10.5. The number of carbonyl (C=O) groups excluding carboxylic acids is 2. The number of hydrogen-bond donors (Lipinski definition) is 2. The summed E-state index contributed by atoms with van der Waals surface area (Å²) in [6.07, 6.45) is 2.55. The van der Waals surface area contributed by atoms with Crippen LogP contribution in [0.5, 0.6) is 0 Å². The zero-order valence-electron chi connectivity index (χ0n) is 16.4. The Morgan fingerprint density at radius 2 is 1.72 bits per heavy atom. The molecular weight excluding hydrogens is 384 g/mol. The van der Waals surface area contributed by atoms with Crippen molar-refractivity contribution < 1.29 is 9.59 Å². The van der Waals surface area contributed by atoms with Crippen molar-refractivity contribution in [2.75, 3.05) is 11.9 Å². The number of nitrogens with one attached hydrogen (secondary N) is 2. The zero-order chi connectivity index (χ0) is 20.5. The number of aryl methyl sites for hydroxylation is 2. The molecule has 0 unspecified atom stereocenters. The lowest BCUT2D eigenvalue weighted by Crippen LogP contribution is -2.25. The topological polar surface area (TPSA) is 84.0 Å². The fraction of sp³-hybridized carbons (Fsp3) is 0.273. The van der Waals surface area contributed by atoms with Gasteiger partial charge in [0.1, 0.15) is 5.01 Å². The minimum atomic E-state index is -0.270. The smallest absolute Gasteiger partial charge is 0.286 e. The van der Waals surface area contributed by atoms with Gasteiger partial charge in [-0.05, 0) is 37.5 Å². The lowest BCUT2D eigenvalue weighted by atomic mass is 10.1. The quantitative estimate of drug-likeness (QED) is 0.564. The molecule has 0 aliphatic carbocycles. The summed E-state index contributed by atoms with van der Waals surface area (Å²) in [6.45, 7) is 2.69. The van der Waals surface area contributed by atoms with E-state index in [1.165, 1.54) is 22.5 Å². The van der Waals surface area contributed by atoms with Gasteiger partial charge >= 0.3 is 0 Å². The van der Waals surface area contributed by atoms with E-state index in [2.05, 4.69) is 52.0 Å². The highest BCUT2D eigenvalue weighted by Crippen LogP contribution is 2.15. The SMILES string of the molecule is Cc1ccc(CCNC(=O)CCCc2nnc(C(=O)Nc3ccccc3)s2)cc1. The fourth-order valence-electron chi connectivity index (χ4n) is 2.74. The Hall–Kier alpha value is -3.06. The first-order chi connectivity index (χ1) is 14.1. The van der Waals surface area contributed by atoms with Gasteiger partial charge < -0.3 is 10.6 Å². The van der Waals surface area contributed by atoms with Gasteiger partial charge in [0.15, 0.2) is 0 Å². The van der Waals surface area contributed by atoms with Gasteiger partial charge in [-0.15, -0.1) is 10.2 Å². The van der Waals surface area contributed by atoms with Crippen molar-refractivity contribution in [3.63, 3.8) is 0 Å². The predicted octanol–water partition coefficient (Wildman–Crippen LogP) is 3.78.